The molecule has 0 aromatic carbocycles. The van der Waals surface area contributed by atoms with Crippen LogP contribution in [0.2, 0.25) is 0 Å². The SMILES string of the molecule is O=C1CC(=O)N2C=CC=CC2=N1.c1ccncc1. The maximum atomic E-state index is 11.2. The van der Waals surface area contributed by atoms with E-state index in [1.165, 1.54) is 4.90 Å². The Labute approximate surface area is 104 Å². The van der Waals surface area contributed by atoms with E-state index < -0.39 is 0 Å². The standard InChI is InChI=1S/C8H6N2O2.C5H5N/c11-7-5-8(12)10-4-2-1-3-6(10)9-7;1-2-4-6-5-3-1/h1-4H,5H2;1-5H. The van der Waals surface area contributed by atoms with Gasteiger partial charge in [-0.1, -0.05) is 12.1 Å². The summed E-state index contributed by atoms with van der Waals surface area (Å²) in [4.78, 5) is 30.9. The molecule has 0 unspecified atom stereocenters. The van der Waals surface area contributed by atoms with Gasteiger partial charge < -0.3 is 0 Å². The highest BCUT2D eigenvalue weighted by atomic mass is 16.2. The van der Waals surface area contributed by atoms with Crippen molar-refractivity contribution in [3.63, 3.8) is 0 Å². The van der Waals surface area contributed by atoms with Gasteiger partial charge in [0.25, 0.3) is 5.91 Å². The molecular weight excluding hydrogens is 230 g/mol. The number of amides is 2. The van der Waals surface area contributed by atoms with Gasteiger partial charge in [0.15, 0.2) is 0 Å². The van der Waals surface area contributed by atoms with Crippen molar-refractivity contribution in [2.45, 2.75) is 6.42 Å². The summed E-state index contributed by atoms with van der Waals surface area (Å²) in [6.07, 6.45) is 10.1. The van der Waals surface area contributed by atoms with Crippen molar-refractivity contribution < 1.29 is 9.59 Å². The van der Waals surface area contributed by atoms with Gasteiger partial charge in [0.05, 0.1) is 0 Å². The van der Waals surface area contributed by atoms with Crippen molar-refractivity contribution in [1.82, 2.24) is 9.88 Å². The lowest BCUT2D eigenvalue weighted by atomic mass is 10.2. The van der Waals surface area contributed by atoms with E-state index in [2.05, 4.69) is 9.98 Å². The summed E-state index contributed by atoms with van der Waals surface area (Å²) in [6.45, 7) is 0. The highest BCUT2D eigenvalue weighted by molar-refractivity contribution is 6.18. The third-order valence-electron chi connectivity index (χ3n) is 2.22. The number of rotatable bonds is 0. The summed E-state index contributed by atoms with van der Waals surface area (Å²) >= 11 is 0. The van der Waals surface area contributed by atoms with Crippen molar-refractivity contribution in [1.29, 1.82) is 0 Å². The van der Waals surface area contributed by atoms with Crippen LogP contribution < -0.4 is 0 Å². The van der Waals surface area contributed by atoms with Crippen LogP contribution in [0.1, 0.15) is 6.42 Å². The predicted molar refractivity (Wildman–Crippen MR) is 66.4 cm³/mol. The minimum Gasteiger partial charge on any atom is -0.274 e. The Kier molecular flexibility index (Phi) is 3.76. The molecule has 0 atom stereocenters. The minimum atomic E-state index is -0.369. The number of pyridine rings is 1. The topological polar surface area (TPSA) is 62.6 Å². The average molecular weight is 241 g/mol. The van der Waals surface area contributed by atoms with Gasteiger partial charge in [-0.15, -0.1) is 0 Å². The molecule has 0 spiro atoms. The van der Waals surface area contributed by atoms with Crippen LogP contribution in [0.5, 0.6) is 0 Å². The van der Waals surface area contributed by atoms with Crippen LogP contribution in [0.15, 0.2) is 60.0 Å². The number of fused-ring (bicyclic) bond motifs is 1. The van der Waals surface area contributed by atoms with E-state index in [1.54, 1.807) is 36.8 Å². The first-order valence-corrected chi connectivity index (χ1v) is 5.41. The number of hydrogen-bond donors (Lipinski definition) is 0. The summed E-state index contributed by atoms with van der Waals surface area (Å²) in [5.41, 5.74) is 0. The predicted octanol–water partition coefficient (Wildman–Crippen LogP) is 1.31. The first-order chi connectivity index (χ1) is 8.77. The Morgan fingerprint density at radius 2 is 1.83 bits per heavy atom. The van der Waals surface area contributed by atoms with Gasteiger partial charge >= 0.3 is 0 Å². The first-order valence-electron chi connectivity index (χ1n) is 5.41. The molecule has 1 aromatic heterocycles. The lowest BCUT2D eigenvalue weighted by Crippen LogP contribution is -2.37. The Balaban J connectivity index is 0.000000169. The molecule has 0 aliphatic carbocycles. The summed E-state index contributed by atoms with van der Waals surface area (Å²) in [5.74, 6) is -0.171. The van der Waals surface area contributed by atoms with Crippen molar-refractivity contribution in [2.24, 2.45) is 4.99 Å². The molecule has 5 nitrogen and oxygen atoms in total. The quantitative estimate of drug-likeness (QED) is 0.643. The van der Waals surface area contributed by atoms with E-state index in [-0.39, 0.29) is 18.2 Å². The molecule has 3 rings (SSSR count). The van der Waals surface area contributed by atoms with Crippen molar-refractivity contribution in [3.05, 3.63) is 55.0 Å². The molecule has 18 heavy (non-hydrogen) atoms. The van der Waals surface area contributed by atoms with E-state index in [4.69, 9.17) is 0 Å². The zero-order valence-corrected chi connectivity index (χ0v) is 9.56. The third-order valence-corrected chi connectivity index (χ3v) is 2.22. The fraction of sp³-hybridized carbons (Fsp3) is 0.0769. The van der Waals surface area contributed by atoms with Crippen molar-refractivity contribution in [3.8, 4) is 0 Å². The number of aliphatic imine (C=N–C) groups is 1. The van der Waals surface area contributed by atoms with Gasteiger partial charge in [0.1, 0.15) is 12.3 Å². The lowest BCUT2D eigenvalue weighted by Gasteiger charge is -2.22. The lowest BCUT2D eigenvalue weighted by molar-refractivity contribution is -0.131. The maximum Gasteiger partial charge on any atom is 0.257 e. The van der Waals surface area contributed by atoms with Crippen molar-refractivity contribution in [2.75, 3.05) is 0 Å². The van der Waals surface area contributed by atoms with E-state index in [0.29, 0.717) is 5.84 Å². The maximum absolute atomic E-state index is 11.2. The molecule has 2 amide bonds. The normalized spacial score (nSPS) is 16.7. The fourth-order valence-electron chi connectivity index (χ4n) is 1.43. The fourth-order valence-corrected chi connectivity index (χ4v) is 1.43. The average Bonchev–Trinajstić information content (AvgIpc) is 2.41. The van der Waals surface area contributed by atoms with Gasteiger partial charge in [0.2, 0.25) is 5.91 Å². The van der Waals surface area contributed by atoms with Crippen molar-refractivity contribution >= 4 is 17.6 Å². The monoisotopic (exact) mass is 241 g/mol. The van der Waals surface area contributed by atoms with Crippen LogP contribution in [0.4, 0.5) is 0 Å². The zero-order valence-electron chi connectivity index (χ0n) is 9.56. The molecule has 0 N–H and O–H groups in total. The molecular formula is C13H11N3O2. The number of allylic oxidation sites excluding steroid dienone is 2. The largest absolute Gasteiger partial charge is 0.274 e. The minimum absolute atomic E-state index is 0.123. The van der Waals surface area contributed by atoms with Gasteiger partial charge in [-0.25, -0.2) is 0 Å². The Hall–Kier alpha value is -2.56. The highest BCUT2D eigenvalue weighted by Crippen LogP contribution is 2.10. The highest BCUT2D eigenvalue weighted by Gasteiger charge is 2.25. The Morgan fingerprint density at radius 1 is 1.06 bits per heavy atom. The molecule has 3 heterocycles. The molecule has 5 heteroatoms. The molecule has 2 aliphatic rings. The van der Waals surface area contributed by atoms with E-state index >= 15 is 0 Å². The number of carbonyl (C=O) groups is 2. The number of hydrogen-bond acceptors (Lipinski definition) is 3. The number of nitrogens with zero attached hydrogens (tertiary/aromatic N) is 3. The van der Waals surface area contributed by atoms with E-state index in [0.717, 1.165) is 0 Å². The second-order valence-electron chi connectivity index (χ2n) is 3.53. The summed E-state index contributed by atoms with van der Waals surface area (Å²) in [6, 6.07) is 5.72. The molecule has 2 aliphatic heterocycles. The van der Waals surface area contributed by atoms with E-state index in [9.17, 15) is 9.59 Å². The summed E-state index contributed by atoms with van der Waals surface area (Å²) in [7, 11) is 0. The molecule has 1 aromatic rings. The molecule has 0 saturated carbocycles. The van der Waals surface area contributed by atoms with Gasteiger partial charge in [0, 0.05) is 18.6 Å². The second kappa shape index (κ2) is 5.67. The number of amidine groups is 1. The van der Waals surface area contributed by atoms with Crippen LogP contribution in [0, 0.1) is 0 Å². The van der Waals surface area contributed by atoms with Crippen LogP contribution in [-0.2, 0) is 9.59 Å². The van der Waals surface area contributed by atoms with Crippen LogP contribution >= 0.6 is 0 Å². The van der Waals surface area contributed by atoms with Gasteiger partial charge in [-0.2, -0.15) is 4.99 Å². The number of aromatic nitrogens is 1. The molecule has 0 radical (unpaired) electrons. The van der Waals surface area contributed by atoms with E-state index in [1.807, 2.05) is 18.2 Å². The summed E-state index contributed by atoms with van der Waals surface area (Å²) in [5, 5.41) is 0. The van der Waals surface area contributed by atoms with Crippen LogP contribution in [0.25, 0.3) is 0 Å². The molecule has 0 bridgehead atoms. The Morgan fingerprint density at radius 3 is 2.44 bits per heavy atom. The second-order valence-corrected chi connectivity index (χ2v) is 3.53. The van der Waals surface area contributed by atoms with Gasteiger partial charge in [-0.05, 0) is 24.3 Å². The van der Waals surface area contributed by atoms with Crippen LogP contribution in [-0.4, -0.2) is 27.5 Å². The molecule has 0 fully saturated rings. The zero-order chi connectivity index (χ0) is 12.8. The van der Waals surface area contributed by atoms with Crippen LogP contribution in [0.3, 0.4) is 0 Å². The Bertz CT molecular complexity index is 506. The first kappa shape index (κ1) is 11.9. The smallest absolute Gasteiger partial charge is 0.257 e. The van der Waals surface area contributed by atoms with Gasteiger partial charge in [-0.3, -0.25) is 19.5 Å². The molecule has 0 saturated heterocycles. The number of carbonyl (C=O) groups excluding carboxylic acids is 2. The molecule has 90 valence electrons. The summed E-state index contributed by atoms with van der Waals surface area (Å²) < 4.78 is 0. The third kappa shape index (κ3) is 2.98.